The van der Waals surface area contributed by atoms with Crippen LogP contribution < -0.4 is 16.4 Å². The van der Waals surface area contributed by atoms with Gasteiger partial charge in [0.2, 0.25) is 0 Å². The first-order valence-electron chi connectivity index (χ1n) is 14.2. The van der Waals surface area contributed by atoms with Crippen LogP contribution in [0.1, 0.15) is 57.6 Å². The van der Waals surface area contributed by atoms with E-state index in [0.717, 1.165) is 81.6 Å². The maximum absolute atomic E-state index is 6.73. The number of halogens is 1. The minimum absolute atomic E-state index is 0.105. The van der Waals surface area contributed by atoms with E-state index in [4.69, 9.17) is 32.8 Å². The van der Waals surface area contributed by atoms with E-state index >= 15 is 0 Å². The molecule has 4 aliphatic rings. The van der Waals surface area contributed by atoms with Crippen LogP contribution in [0.5, 0.6) is 0 Å². The van der Waals surface area contributed by atoms with E-state index in [-0.39, 0.29) is 17.6 Å². The fourth-order valence-corrected chi connectivity index (χ4v) is 7.10. The molecule has 2 aromatic rings. The van der Waals surface area contributed by atoms with Crippen molar-refractivity contribution in [2.75, 3.05) is 43.4 Å². The van der Waals surface area contributed by atoms with Gasteiger partial charge in [-0.05, 0) is 82.4 Å². The summed E-state index contributed by atoms with van der Waals surface area (Å²) in [5, 5.41) is 1.17. The van der Waals surface area contributed by atoms with Crippen LogP contribution in [-0.2, 0) is 4.74 Å². The summed E-state index contributed by atoms with van der Waals surface area (Å²) in [6, 6.07) is 2.82. The Morgan fingerprint density at radius 1 is 1.13 bits per heavy atom. The highest BCUT2D eigenvalue weighted by molar-refractivity contribution is 7.99. The van der Waals surface area contributed by atoms with Gasteiger partial charge in [0, 0.05) is 42.2 Å². The molecule has 0 bridgehead atoms. The van der Waals surface area contributed by atoms with Crippen molar-refractivity contribution in [3.8, 4) is 11.8 Å². The molecular weight excluding hydrogens is 530 g/mol. The maximum Gasteiger partial charge on any atom is 0.158 e. The fraction of sp³-hybridized carbons (Fsp3) is 0.621. The van der Waals surface area contributed by atoms with Gasteiger partial charge in [-0.25, -0.2) is 15.0 Å². The summed E-state index contributed by atoms with van der Waals surface area (Å²) < 4.78 is 5.97. The third-order valence-corrected chi connectivity index (χ3v) is 10.4. The Hall–Kier alpha value is -2.09. The highest BCUT2D eigenvalue weighted by atomic mass is 35.5. The van der Waals surface area contributed by atoms with Crippen LogP contribution in [0.3, 0.4) is 0 Å². The van der Waals surface area contributed by atoms with Crippen LogP contribution >= 0.6 is 23.4 Å². The number of hydrogen-bond donors (Lipinski definition) is 2. The zero-order chi connectivity index (χ0) is 27.0. The first-order chi connectivity index (χ1) is 18.9. The topological polar surface area (TPSA) is 106 Å². The molecule has 8 nitrogen and oxygen atoms in total. The monoisotopic (exact) mass is 567 g/mol. The third-order valence-electron chi connectivity index (χ3n) is 8.87. The zero-order valence-corrected chi connectivity index (χ0v) is 24.2. The fourth-order valence-electron chi connectivity index (χ4n) is 6.04. The summed E-state index contributed by atoms with van der Waals surface area (Å²) in [4.78, 5) is 19.5. The first-order valence-corrected chi connectivity index (χ1v) is 15.4. The van der Waals surface area contributed by atoms with Crippen LogP contribution in [0.15, 0.2) is 28.4 Å². The van der Waals surface area contributed by atoms with Gasteiger partial charge in [-0.2, -0.15) is 0 Å². The highest BCUT2D eigenvalue weighted by Crippen LogP contribution is 2.41. The number of nitrogens with zero attached hydrogens (tertiary/aromatic N) is 5. The third kappa shape index (κ3) is 6.15. The van der Waals surface area contributed by atoms with Gasteiger partial charge in [-0.15, -0.1) is 0 Å². The molecule has 1 saturated carbocycles. The Kier molecular flexibility index (Phi) is 7.93. The molecule has 39 heavy (non-hydrogen) atoms. The molecule has 0 amide bonds. The zero-order valence-electron chi connectivity index (χ0n) is 22.6. The van der Waals surface area contributed by atoms with Crippen molar-refractivity contribution in [2.24, 2.45) is 17.1 Å². The van der Waals surface area contributed by atoms with Gasteiger partial charge < -0.3 is 26.0 Å². The lowest BCUT2D eigenvalue weighted by Gasteiger charge is -2.47. The molecular formula is C29H38ClN7OS. The minimum atomic E-state index is 0.105. The molecule has 2 atom stereocenters. The van der Waals surface area contributed by atoms with Gasteiger partial charge in [0.1, 0.15) is 16.5 Å². The summed E-state index contributed by atoms with van der Waals surface area (Å²) in [7, 11) is 0. The number of hydrogen-bond acceptors (Lipinski definition) is 9. The van der Waals surface area contributed by atoms with Gasteiger partial charge in [0.05, 0.1) is 23.9 Å². The lowest BCUT2D eigenvalue weighted by Crippen LogP contribution is -2.52. The average molecular weight is 568 g/mol. The van der Waals surface area contributed by atoms with E-state index in [0.29, 0.717) is 27.5 Å². The molecule has 4 fully saturated rings. The molecule has 3 aliphatic heterocycles. The van der Waals surface area contributed by atoms with E-state index in [2.05, 4.69) is 38.5 Å². The van der Waals surface area contributed by atoms with Crippen molar-refractivity contribution in [1.82, 2.24) is 19.9 Å². The molecule has 0 aromatic carbocycles. The second kappa shape index (κ2) is 11.4. The summed E-state index contributed by atoms with van der Waals surface area (Å²) >= 11 is 8.14. The highest BCUT2D eigenvalue weighted by Gasteiger charge is 2.41. The number of anilines is 2. The van der Waals surface area contributed by atoms with Gasteiger partial charge >= 0.3 is 0 Å². The van der Waals surface area contributed by atoms with E-state index in [1.54, 1.807) is 6.20 Å². The van der Waals surface area contributed by atoms with Crippen LogP contribution in [-0.4, -0.2) is 70.8 Å². The Bertz CT molecular complexity index is 1250. The molecule has 3 saturated heterocycles. The van der Waals surface area contributed by atoms with Crippen molar-refractivity contribution in [3.05, 3.63) is 29.2 Å². The maximum atomic E-state index is 6.73. The van der Waals surface area contributed by atoms with Crippen LogP contribution in [0.2, 0.25) is 5.02 Å². The van der Waals surface area contributed by atoms with E-state index in [1.165, 1.54) is 24.6 Å². The molecule has 2 aromatic heterocycles. The number of likely N-dealkylation sites (tertiary alicyclic amines) is 1. The summed E-state index contributed by atoms with van der Waals surface area (Å²) in [5.41, 5.74) is 13.5. The standard InChI is InChI=1S/C29H38ClN7OS/c1-19-22(31)16-29(18-38-19)9-14-37(15-10-29)25-17-34-28(27(32)35-25)39-24-6-11-33-23(26(24)30)5-2-20-7-12-36(13-8-20)21-3-4-21/h6,11,17,19-22H,3-4,7-10,12-16,18,31H2,1H3,(H2,32,35)/t19-,22-/m0/s1. The average Bonchev–Trinajstić information content (AvgIpc) is 3.79. The molecule has 1 spiro atoms. The van der Waals surface area contributed by atoms with Gasteiger partial charge in [-0.3, -0.25) is 0 Å². The number of aromatic nitrogens is 3. The number of rotatable bonds is 4. The van der Waals surface area contributed by atoms with E-state index in [1.807, 2.05) is 12.3 Å². The molecule has 0 unspecified atom stereocenters. The normalized spacial score (nSPS) is 25.9. The molecule has 208 valence electrons. The lowest BCUT2D eigenvalue weighted by atomic mass is 9.72. The van der Waals surface area contributed by atoms with Crippen molar-refractivity contribution in [1.29, 1.82) is 0 Å². The summed E-state index contributed by atoms with van der Waals surface area (Å²) in [6.45, 7) is 6.94. The van der Waals surface area contributed by atoms with Crippen LogP contribution in [0, 0.1) is 23.2 Å². The smallest absolute Gasteiger partial charge is 0.158 e. The predicted octanol–water partition coefficient (Wildman–Crippen LogP) is 4.21. The van der Waals surface area contributed by atoms with Crippen LogP contribution in [0.4, 0.5) is 11.6 Å². The Morgan fingerprint density at radius 3 is 2.59 bits per heavy atom. The van der Waals surface area contributed by atoms with Crippen LogP contribution in [0.25, 0.3) is 0 Å². The lowest BCUT2D eigenvalue weighted by molar-refractivity contribution is -0.0758. The van der Waals surface area contributed by atoms with Crippen molar-refractivity contribution >= 4 is 35.0 Å². The molecule has 0 radical (unpaired) electrons. The van der Waals surface area contributed by atoms with Crippen molar-refractivity contribution < 1.29 is 4.74 Å². The largest absolute Gasteiger partial charge is 0.381 e. The number of ether oxygens (including phenoxy) is 1. The van der Waals surface area contributed by atoms with Gasteiger partial charge in [0.25, 0.3) is 0 Å². The molecule has 6 rings (SSSR count). The number of piperidine rings is 2. The number of nitrogen functional groups attached to an aromatic ring is 1. The Morgan fingerprint density at radius 2 is 1.90 bits per heavy atom. The molecule has 10 heteroatoms. The van der Waals surface area contributed by atoms with E-state index in [9.17, 15) is 0 Å². The molecule has 5 heterocycles. The first kappa shape index (κ1) is 27.1. The summed E-state index contributed by atoms with van der Waals surface area (Å²) in [5.74, 6) is 8.28. The molecule has 1 aliphatic carbocycles. The predicted molar refractivity (Wildman–Crippen MR) is 156 cm³/mol. The van der Waals surface area contributed by atoms with Gasteiger partial charge in [-0.1, -0.05) is 29.3 Å². The Balaban J connectivity index is 1.08. The quantitative estimate of drug-likeness (QED) is 0.525. The van der Waals surface area contributed by atoms with Crippen molar-refractivity contribution in [2.45, 2.75) is 80.0 Å². The van der Waals surface area contributed by atoms with E-state index < -0.39 is 0 Å². The second-order valence-corrected chi connectivity index (χ2v) is 13.1. The van der Waals surface area contributed by atoms with Gasteiger partial charge in [0.15, 0.2) is 5.82 Å². The van der Waals surface area contributed by atoms with Crippen molar-refractivity contribution in [3.63, 3.8) is 0 Å². The Labute approximate surface area is 240 Å². The summed E-state index contributed by atoms with van der Waals surface area (Å²) in [6.07, 6.45) is 11.7. The number of nitrogens with two attached hydrogens (primary N) is 2. The second-order valence-electron chi connectivity index (χ2n) is 11.7. The minimum Gasteiger partial charge on any atom is -0.381 e. The molecule has 4 N–H and O–H groups in total. The SMILES string of the molecule is C[C@@H]1OCC2(CCN(c3cnc(Sc4ccnc(C#CC5CCN(C6CC6)CC5)c4Cl)c(N)n3)CC2)C[C@@H]1N. The number of pyridine rings is 1.